The molecule has 0 radical (unpaired) electrons. The fourth-order valence-corrected chi connectivity index (χ4v) is 5.89. The van der Waals surface area contributed by atoms with Gasteiger partial charge in [-0.05, 0) is 24.6 Å². The Morgan fingerprint density at radius 1 is 1.10 bits per heavy atom. The van der Waals surface area contributed by atoms with Crippen molar-refractivity contribution in [3.8, 4) is 5.75 Å². The van der Waals surface area contributed by atoms with E-state index in [1.54, 1.807) is 6.92 Å². The lowest BCUT2D eigenvalue weighted by Gasteiger charge is -2.49. The molecule has 0 aromatic heterocycles. The zero-order valence-corrected chi connectivity index (χ0v) is 22.8. The number of aliphatic carboxylic acids is 1. The van der Waals surface area contributed by atoms with Crippen LogP contribution in [0, 0.1) is 0 Å². The van der Waals surface area contributed by atoms with Crippen LogP contribution in [0.5, 0.6) is 5.75 Å². The molecule has 6 amide bonds. The molecule has 3 aliphatic heterocycles. The van der Waals surface area contributed by atoms with Crippen molar-refractivity contribution < 1.29 is 48.5 Å². The average Bonchev–Trinajstić information content (AvgIpc) is 2.94. The summed E-state index contributed by atoms with van der Waals surface area (Å²) in [6.07, 6.45) is 0. The number of carboxylic acids is 1. The molecule has 2 saturated heterocycles. The highest BCUT2D eigenvalue weighted by molar-refractivity contribution is 8.00. The molecule has 0 bridgehead atoms. The number of urea groups is 1. The molecule has 0 aliphatic carbocycles. The second-order valence-electron chi connectivity index (χ2n) is 9.25. The minimum Gasteiger partial charge on any atom is -0.508 e. The van der Waals surface area contributed by atoms with Gasteiger partial charge in [0, 0.05) is 37.9 Å². The van der Waals surface area contributed by atoms with E-state index in [-0.39, 0.29) is 54.6 Å². The molecule has 0 spiro atoms. The van der Waals surface area contributed by atoms with E-state index in [1.807, 2.05) is 0 Å². The summed E-state index contributed by atoms with van der Waals surface area (Å²) < 4.78 is 4.91. The molecule has 1 aromatic carbocycles. The zero-order chi connectivity index (χ0) is 30.0. The third kappa shape index (κ3) is 5.82. The number of aromatic hydroxyl groups is 1. The SMILES string of the molecule is CCN1CCN(C(=O)N[C@H](C(=O)N[C@@H]2C(=O)N3C(C(=O)O)=C(COC(C)=O)CS[C@H]23)c2ccc(O)cc2)C(=O)C1=O. The summed E-state index contributed by atoms with van der Waals surface area (Å²) in [5.41, 5.74) is 0.0984. The molecule has 218 valence electrons. The third-order valence-corrected chi connectivity index (χ3v) is 8.03. The molecule has 4 rings (SSSR count). The summed E-state index contributed by atoms with van der Waals surface area (Å²) in [6, 6.07) is 1.67. The number of fused-ring (bicyclic) bond motifs is 1. The number of piperazine rings is 1. The number of hydrogen-bond donors (Lipinski definition) is 4. The summed E-state index contributed by atoms with van der Waals surface area (Å²) in [4.78, 5) is 90.4. The fraction of sp³-hybridized carbons (Fsp3) is 0.400. The molecule has 16 heteroatoms. The van der Waals surface area contributed by atoms with Gasteiger partial charge in [0.15, 0.2) is 0 Å². The summed E-state index contributed by atoms with van der Waals surface area (Å²) in [6.45, 7) is 2.86. The Kier molecular flexibility index (Phi) is 8.51. The van der Waals surface area contributed by atoms with Crippen LogP contribution in [0.15, 0.2) is 35.5 Å². The van der Waals surface area contributed by atoms with Crippen molar-refractivity contribution in [3.63, 3.8) is 0 Å². The molecule has 3 aliphatic rings. The van der Waals surface area contributed by atoms with Gasteiger partial charge in [-0.15, -0.1) is 11.8 Å². The number of thioether (sulfide) groups is 1. The lowest BCUT2D eigenvalue weighted by molar-refractivity contribution is -0.153. The Labute approximate surface area is 237 Å². The predicted molar refractivity (Wildman–Crippen MR) is 140 cm³/mol. The highest BCUT2D eigenvalue weighted by atomic mass is 32.2. The molecule has 3 heterocycles. The Morgan fingerprint density at radius 3 is 2.39 bits per heavy atom. The second kappa shape index (κ2) is 11.9. The summed E-state index contributed by atoms with van der Waals surface area (Å²) >= 11 is 1.16. The van der Waals surface area contributed by atoms with Crippen LogP contribution in [0.3, 0.4) is 0 Å². The Bertz CT molecular complexity index is 1350. The van der Waals surface area contributed by atoms with Crippen LogP contribution in [0.4, 0.5) is 4.79 Å². The molecule has 1 aromatic rings. The predicted octanol–water partition coefficient (Wildman–Crippen LogP) is -0.865. The van der Waals surface area contributed by atoms with E-state index < -0.39 is 59.1 Å². The number of imide groups is 1. The molecule has 41 heavy (non-hydrogen) atoms. The van der Waals surface area contributed by atoms with Gasteiger partial charge in [-0.25, -0.2) is 9.59 Å². The maximum atomic E-state index is 13.4. The lowest BCUT2D eigenvalue weighted by Crippen LogP contribution is -2.71. The average molecular weight is 590 g/mol. The Balaban J connectivity index is 1.52. The maximum absolute atomic E-state index is 13.4. The van der Waals surface area contributed by atoms with Gasteiger partial charge in [0.2, 0.25) is 5.91 Å². The van der Waals surface area contributed by atoms with Crippen molar-refractivity contribution in [1.82, 2.24) is 25.3 Å². The van der Waals surface area contributed by atoms with Crippen molar-refractivity contribution in [1.29, 1.82) is 0 Å². The molecular formula is C25H27N5O10S. The number of phenols is 1. The number of carboxylic acid groups (broad SMARTS) is 1. The first-order chi connectivity index (χ1) is 19.4. The normalized spacial score (nSPS) is 21.1. The number of benzene rings is 1. The first-order valence-electron chi connectivity index (χ1n) is 12.5. The number of carbonyl (C=O) groups excluding carboxylic acids is 6. The highest BCUT2D eigenvalue weighted by Gasteiger charge is 2.54. The van der Waals surface area contributed by atoms with Gasteiger partial charge >= 0.3 is 29.8 Å². The number of esters is 1. The number of rotatable bonds is 8. The number of carbonyl (C=O) groups is 7. The number of likely N-dealkylation sites (N-methyl/N-ethyl adjacent to an activating group) is 1. The number of phenolic OH excluding ortho intramolecular Hbond substituents is 1. The van der Waals surface area contributed by atoms with Gasteiger partial charge < -0.3 is 30.5 Å². The van der Waals surface area contributed by atoms with Crippen LogP contribution in [-0.2, 0) is 33.5 Å². The standard InChI is InChI=1S/C25H27N5O10S/c1-3-28-8-9-29(22(36)21(28)35)25(39)27-16(13-4-6-15(32)7-5-13)19(33)26-17-20(34)30-18(24(37)38)14(10-40-12(2)31)11-41-23(17)30/h4-7,16-17,23,32H,3,8-11H2,1-2H3,(H,26,33)(H,27,39)(H,37,38)/t16-,17+,23+/m0/s1. The summed E-state index contributed by atoms with van der Waals surface area (Å²) in [5, 5.41) is 23.6. The van der Waals surface area contributed by atoms with E-state index in [0.717, 1.165) is 16.7 Å². The van der Waals surface area contributed by atoms with E-state index in [2.05, 4.69) is 10.6 Å². The largest absolute Gasteiger partial charge is 0.508 e. The van der Waals surface area contributed by atoms with Crippen LogP contribution in [0.25, 0.3) is 0 Å². The first-order valence-corrected chi connectivity index (χ1v) is 13.5. The number of amides is 6. The highest BCUT2D eigenvalue weighted by Crippen LogP contribution is 2.40. The number of β-lactam (4-membered cyclic amide) rings is 1. The molecule has 3 atom stereocenters. The van der Waals surface area contributed by atoms with Gasteiger partial charge in [-0.3, -0.25) is 33.8 Å². The number of nitrogens with one attached hydrogen (secondary N) is 2. The lowest BCUT2D eigenvalue weighted by atomic mass is 10.0. The number of nitrogens with zero attached hydrogens (tertiary/aromatic N) is 3. The monoisotopic (exact) mass is 589 g/mol. The zero-order valence-electron chi connectivity index (χ0n) is 22.0. The van der Waals surface area contributed by atoms with Crippen LogP contribution < -0.4 is 10.6 Å². The van der Waals surface area contributed by atoms with Crippen LogP contribution in [0.2, 0.25) is 0 Å². The summed E-state index contributed by atoms with van der Waals surface area (Å²) in [7, 11) is 0. The van der Waals surface area contributed by atoms with E-state index in [9.17, 15) is 43.8 Å². The van der Waals surface area contributed by atoms with Crippen LogP contribution in [-0.4, -0.2) is 110 Å². The molecule has 2 fully saturated rings. The van der Waals surface area contributed by atoms with Gasteiger partial charge in [-0.1, -0.05) is 12.1 Å². The third-order valence-electron chi connectivity index (χ3n) is 6.69. The van der Waals surface area contributed by atoms with Crippen LogP contribution >= 0.6 is 11.8 Å². The minimum atomic E-state index is -1.44. The minimum absolute atomic E-state index is 0.0943. The quantitative estimate of drug-likeness (QED) is 0.167. The van der Waals surface area contributed by atoms with E-state index in [4.69, 9.17) is 4.74 Å². The molecule has 0 unspecified atom stereocenters. The van der Waals surface area contributed by atoms with Gasteiger partial charge in [-0.2, -0.15) is 0 Å². The van der Waals surface area contributed by atoms with Gasteiger partial charge in [0.25, 0.3) is 5.91 Å². The van der Waals surface area contributed by atoms with Gasteiger partial charge in [0.1, 0.15) is 35.5 Å². The van der Waals surface area contributed by atoms with Crippen molar-refractivity contribution in [2.45, 2.75) is 31.3 Å². The number of hydrogen-bond acceptors (Lipinski definition) is 10. The Morgan fingerprint density at radius 2 is 1.78 bits per heavy atom. The number of ether oxygens (including phenoxy) is 1. The van der Waals surface area contributed by atoms with Gasteiger partial charge in [0.05, 0.1) is 0 Å². The van der Waals surface area contributed by atoms with E-state index in [1.165, 1.54) is 36.1 Å². The van der Waals surface area contributed by atoms with Crippen molar-refractivity contribution in [2.75, 3.05) is 32.0 Å². The van der Waals surface area contributed by atoms with E-state index in [0.29, 0.717) is 4.90 Å². The Hall–Kier alpha value is -4.60. The molecule has 15 nitrogen and oxygen atoms in total. The first kappa shape index (κ1) is 29.4. The smallest absolute Gasteiger partial charge is 0.352 e. The maximum Gasteiger partial charge on any atom is 0.352 e. The van der Waals surface area contributed by atoms with Crippen molar-refractivity contribution in [3.05, 3.63) is 41.1 Å². The van der Waals surface area contributed by atoms with Crippen molar-refractivity contribution >= 4 is 53.4 Å². The van der Waals surface area contributed by atoms with Crippen LogP contribution in [0.1, 0.15) is 25.5 Å². The molecule has 4 N–H and O–H groups in total. The van der Waals surface area contributed by atoms with Crippen molar-refractivity contribution in [2.24, 2.45) is 0 Å². The topological polar surface area (TPSA) is 203 Å². The molecular weight excluding hydrogens is 562 g/mol. The fourth-order valence-electron chi connectivity index (χ4n) is 4.56. The second-order valence-corrected chi connectivity index (χ2v) is 10.4. The summed E-state index contributed by atoms with van der Waals surface area (Å²) in [5.74, 6) is -5.49. The van der Waals surface area contributed by atoms with E-state index >= 15 is 0 Å². The molecule has 0 saturated carbocycles.